The zero-order valence-electron chi connectivity index (χ0n) is 27.7. The predicted octanol–water partition coefficient (Wildman–Crippen LogP) is 5.50. The minimum Gasteiger partial charge on any atom is -0.507 e. The Morgan fingerprint density at radius 1 is 1.12 bits per heavy atom. The molecule has 4 aromatic rings. The largest absolute Gasteiger partial charge is 0.507 e. The van der Waals surface area contributed by atoms with E-state index in [0.29, 0.717) is 12.0 Å². The molecule has 1 aromatic heterocycles. The highest BCUT2D eigenvalue weighted by atomic mass is 35.5. The Morgan fingerprint density at radius 2 is 1.82 bits per heavy atom. The van der Waals surface area contributed by atoms with Gasteiger partial charge in [-0.1, -0.05) is 61.0 Å². The first-order valence-electron chi connectivity index (χ1n) is 15.8. The number of hydrogen-bond donors (Lipinski definition) is 4. The number of Topliss-reactive ketones (excluding diaryl/α,β-unsaturated/α-hetero) is 2. The van der Waals surface area contributed by atoms with Crippen LogP contribution >= 0.6 is 23.4 Å². The smallest absolute Gasteiger partial charge is 0.340 e. The summed E-state index contributed by atoms with van der Waals surface area (Å²) in [7, 11) is 2.79. The zero-order valence-corrected chi connectivity index (χ0v) is 29.2. The van der Waals surface area contributed by atoms with Crippen LogP contribution in [0.2, 0.25) is 5.02 Å². The van der Waals surface area contributed by atoms with E-state index < -0.39 is 52.4 Å². The van der Waals surface area contributed by atoms with Crippen molar-refractivity contribution in [2.45, 2.75) is 48.6 Å². The summed E-state index contributed by atoms with van der Waals surface area (Å²) in [6.07, 6.45) is 1.77. The van der Waals surface area contributed by atoms with Crippen molar-refractivity contribution in [2.24, 2.45) is 5.92 Å². The fourth-order valence-electron chi connectivity index (χ4n) is 6.71. The number of carbonyl (C=O) groups excluding carboxylic acids is 3. The second-order valence-corrected chi connectivity index (χ2v) is 13.4. The number of hydrogen-bond acceptors (Lipinski definition) is 10. The Balaban J connectivity index is 1.43. The molecule has 1 aliphatic carbocycles. The highest BCUT2D eigenvalue weighted by molar-refractivity contribution is 7.98. The minimum absolute atomic E-state index is 0.0106. The number of carbonyl (C=O) groups is 3. The molecule has 1 aliphatic heterocycles. The Morgan fingerprint density at radius 3 is 2.44 bits per heavy atom. The molecule has 1 amide bonds. The van der Waals surface area contributed by atoms with Crippen LogP contribution in [0.5, 0.6) is 17.2 Å². The second-order valence-electron chi connectivity index (χ2n) is 12.2. The van der Waals surface area contributed by atoms with Gasteiger partial charge in [0.15, 0.2) is 23.1 Å². The van der Waals surface area contributed by atoms with Crippen molar-refractivity contribution in [3.63, 3.8) is 0 Å². The van der Waals surface area contributed by atoms with Gasteiger partial charge in [0.1, 0.15) is 22.1 Å². The van der Waals surface area contributed by atoms with Crippen molar-refractivity contribution in [3.05, 3.63) is 110 Å². The number of nitrogens with zero attached hydrogens (tertiary/aromatic N) is 1. The monoisotopic (exact) mass is 718 g/mol. The third kappa shape index (κ3) is 6.15. The van der Waals surface area contributed by atoms with E-state index in [1.807, 2.05) is 48.7 Å². The number of aromatic nitrogens is 3. The molecule has 3 aromatic carbocycles. The van der Waals surface area contributed by atoms with E-state index in [9.17, 15) is 24.3 Å². The molecule has 2 heterocycles. The summed E-state index contributed by atoms with van der Waals surface area (Å²) in [6, 6.07) is 17.4. The average molecular weight is 719 g/mol. The molecule has 0 bridgehead atoms. The Hall–Kier alpha value is -5.01. The first-order chi connectivity index (χ1) is 24.0. The highest BCUT2D eigenvalue weighted by Gasteiger charge is 2.61. The molecule has 2 aliphatic rings. The van der Waals surface area contributed by atoms with E-state index in [-0.39, 0.29) is 52.1 Å². The Kier molecular flexibility index (Phi) is 9.81. The second kappa shape index (κ2) is 14.1. The number of H-pyrrole nitrogens is 2. The molecule has 0 fully saturated rings. The summed E-state index contributed by atoms with van der Waals surface area (Å²) in [6.45, 7) is 1.64. The normalized spacial score (nSPS) is 19.6. The SMILES string of the molecule is COc1cc(OC)c2c(c1Cl)OC1(C2=O)C(O)=C(C(CC(=O)NC(Cc2ccccc2)c2n[nH]c(=O)[nH]2)c2ccc(SC)cc2)C(=O)CC1C. The number of benzene rings is 3. The van der Waals surface area contributed by atoms with Gasteiger partial charge in [0.2, 0.25) is 17.3 Å². The number of thioether (sulfide) groups is 1. The summed E-state index contributed by atoms with van der Waals surface area (Å²) >= 11 is 8.14. The van der Waals surface area contributed by atoms with Crippen LogP contribution < -0.4 is 25.2 Å². The fourth-order valence-corrected chi connectivity index (χ4v) is 7.39. The Bertz CT molecular complexity index is 2040. The molecule has 4 N–H and O–H groups in total. The predicted molar refractivity (Wildman–Crippen MR) is 187 cm³/mol. The molecule has 0 saturated heterocycles. The van der Waals surface area contributed by atoms with Crippen LogP contribution in [0, 0.1) is 5.92 Å². The molecular formula is C36H35ClN4O8S. The van der Waals surface area contributed by atoms with Crippen LogP contribution in [0.4, 0.5) is 0 Å². The van der Waals surface area contributed by atoms with Gasteiger partial charge in [0.05, 0.1) is 20.3 Å². The van der Waals surface area contributed by atoms with Crippen molar-refractivity contribution in [1.82, 2.24) is 20.5 Å². The quantitative estimate of drug-likeness (QED) is 0.145. The molecule has 260 valence electrons. The lowest BCUT2D eigenvalue weighted by Crippen LogP contribution is -2.53. The van der Waals surface area contributed by atoms with E-state index in [4.69, 9.17) is 25.8 Å². The van der Waals surface area contributed by atoms with Crippen LogP contribution in [0.1, 0.15) is 59.0 Å². The van der Waals surface area contributed by atoms with Gasteiger partial charge >= 0.3 is 5.69 Å². The average Bonchev–Trinajstić information content (AvgIpc) is 3.69. The van der Waals surface area contributed by atoms with Crippen molar-refractivity contribution in [2.75, 3.05) is 20.5 Å². The topological polar surface area (TPSA) is 173 Å². The fraction of sp³-hybridized carbons (Fsp3) is 0.306. The summed E-state index contributed by atoms with van der Waals surface area (Å²) < 4.78 is 17.2. The lowest BCUT2D eigenvalue weighted by molar-refractivity contribution is -0.122. The maximum atomic E-state index is 14.4. The molecule has 14 heteroatoms. The number of amides is 1. The molecule has 4 atom stereocenters. The molecular weight excluding hydrogens is 684 g/mol. The molecule has 0 saturated carbocycles. The minimum atomic E-state index is -2.02. The van der Waals surface area contributed by atoms with E-state index in [0.717, 1.165) is 10.5 Å². The first-order valence-corrected chi connectivity index (χ1v) is 17.4. The van der Waals surface area contributed by atoms with Crippen molar-refractivity contribution in [3.8, 4) is 17.2 Å². The zero-order chi connectivity index (χ0) is 35.7. The van der Waals surface area contributed by atoms with Gasteiger partial charge < -0.3 is 24.6 Å². The van der Waals surface area contributed by atoms with Gasteiger partial charge in [-0.2, -0.15) is 5.10 Å². The number of methoxy groups -OCH3 is 2. The number of halogens is 1. The van der Waals surface area contributed by atoms with Crippen LogP contribution in [0.3, 0.4) is 0 Å². The molecule has 0 radical (unpaired) electrons. The molecule has 12 nitrogen and oxygen atoms in total. The Labute approximate surface area is 296 Å². The number of nitrogens with one attached hydrogen (secondary N) is 3. The van der Waals surface area contributed by atoms with Gasteiger partial charge in [-0.05, 0) is 35.9 Å². The highest BCUT2D eigenvalue weighted by Crippen LogP contribution is 2.55. The standard InChI is InChI=1S/C36H35ClN4O8S/c1-18-14-24(42)28(32(44)36(18)33(45)29-25(47-2)17-26(48-3)30(37)31(29)49-36)22(20-10-12-21(50-4)13-11-20)16-27(43)38-23(34-39-35(46)41-40-34)15-19-8-6-5-7-9-19/h5-13,17-18,22-23,44H,14-16H2,1-4H3,(H,38,43)(H2,39,40,41,46). The third-order valence-corrected chi connectivity index (χ3v) is 10.3. The number of rotatable bonds is 11. The number of ether oxygens (including phenoxy) is 3. The van der Waals surface area contributed by atoms with E-state index in [1.165, 1.54) is 32.0 Å². The first kappa shape index (κ1) is 34.8. The summed E-state index contributed by atoms with van der Waals surface area (Å²) in [4.78, 5) is 57.9. The molecule has 6 rings (SSSR count). The van der Waals surface area contributed by atoms with E-state index in [2.05, 4.69) is 20.5 Å². The van der Waals surface area contributed by atoms with E-state index >= 15 is 0 Å². The van der Waals surface area contributed by atoms with Crippen LogP contribution in [-0.4, -0.2) is 63.8 Å². The molecule has 50 heavy (non-hydrogen) atoms. The van der Waals surface area contributed by atoms with E-state index in [1.54, 1.807) is 19.1 Å². The van der Waals surface area contributed by atoms with Crippen LogP contribution in [0.25, 0.3) is 0 Å². The maximum absolute atomic E-state index is 14.4. The number of aliphatic hydroxyl groups excluding tert-OH is 1. The van der Waals surface area contributed by atoms with Gasteiger partial charge in [0, 0.05) is 41.2 Å². The van der Waals surface area contributed by atoms with Crippen molar-refractivity contribution < 1.29 is 33.7 Å². The van der Waals surface area contributed by atoms with Gasteiger partial charge in [0.25, 0.3) is 0 Å². The number of ketones is 2. The van der Waals surface area contributed by atoms with Gasteiger partial charge in [-0.3, -0.25) is 19.4 Å². The van der Waals surface area contributed by atoms with Crippen molar-refractivity contribution in [1.29, 1.82) is 0 Å². The third-order valence-electron chi connectivity index (χ3n) is 9.24. The lowest BCUT2D eigenvalue weighted by atomic mass is 9.69. The number of fused-ring (bicyclic) bond motifs is 1. The summed E-state index contributed by atoms with van der Waals surface area (Å²) in [5.74, 6) is -3.45. The van der Waals surface area contributed by atoms with Gasteiger partial charge in [-0.15, -0.1) is 11.8 Å². The van der Waals surface area contributed by atoms with Crippen molar-refractivity contribution >= 4 is 40.8 Å². The number of aliphatic hydroxyl groups is 1. The van der Waals surface area contributed by atoms with Gasteiger partial charge in [-0.25, -0.2) is 9.89 Å². The molecule has 1 spiro atoms. The summed E-state index contributed by atoms with van der Waals surface area (Å²) in [5, 5.41) is 21.6. The summed E-state index contributed by atoms with van der Waals surface area (Å²) in [5.41, 5.74) is -1.21. The number of allylic oxidation sites excluding steroid dienone is 1. The van der Waals surface area contributed by atoms with Crippen LogP contribution in [0.15, 0.2) is 81.7 Å². The number of aromatic amines is 2. The molecule has 4 unspecified atom stereocenters. The van der Waals surface area contributed by atoms with Crippen LogP contribution in [-0.2, 0) is 16.0 Å². The lowest BCUT2D eigenvalue weighted by Gasteiger charge is -2.38. The maximum Gasteiger partial charge on any atom is 0.340 e.